The predicted octanol–water partition coefficient (Wildman–Crippen LogP) is 6.62. The molecule has 0 amide bonds. The van der Waals surface area contributed by atoms with Gasteiger partial charge in [-0.05, 0) is 54.3 Å². The molecule has 2 rings (SSSR count). The van der Waals surface area contributed by atoms with Crippen LogP contribution >= 0.6 is 27.5 Å². The molecular weight excluding hydrogens is 346 g/mol. The molecule has 0 bridgehead atoms. The maximum atomic E-state index is 5.99. The van der Waals surface area contributed by atoms with Crippen LogP contribution in [0.2, 0.25) is 5.02 Å². The zero-order valence-corrected chi connectivity index (χ0v) is 14.8. The smallest absolute Gasteiger partial charge is 0.0513 e. The zero-order valence-electron chi connectivity index (χ0n) is 12.5. The molecule has 0 aliphatic carbocycles. The molecule has 0 aromatic heterocycles. The molecule has 1 unspecified atom stereocenters. The number of halogens is 2. The van der Waals surface area contributed by atoms with Crippen LogP contribution in [0.3, 0.4) is 0 Å². The average molecular weight is 367 g/mol. The highest BCUT2D eigenvalue weighted by Crippen LogP contribution is 2.29. The fourth-order valence-corrected chi connectivity index (χ4v) is 3.02. The Balaban J connectivity index is 2.25. The standard InChI is InChI=1S/C18H21BrClN/c1-3-5-17(14-6-9-16(20)10-7-14)21-18-11-8-15(19)12-13(18)4-2/h6-12,17,21H,3-5H2,1-2H3. The first-order valence-electron chi connectivity index (χ1n) is 7.44. The summed E-state index contributed by atoms with van der Waals surface area (Å²) in [6, 6.07) is 14.9. The van der Waals surface area contributed by atoms with Crippen LogP contribution < -0.4 is 5.32 Å². The van der Waals surface area contributed by atoms with E-state index in [0.29, 0.717) is 6.04 Å². The molecular formula is C18H21BrClN. The van der Waals surface area contributed by atoms with E-state index in [1.54, 1.807) is 0 Å². The first-order chi connectivity index (χ1) is 10.1. The molecule has 1 nitrogen and oxygen atoms in total. The van der Waals surface area contributed by atoms with Gasteiger partial charge in [-0.3, -0.25) is 0 Å². The second-order valence-corrected chi connectivity index (χ2v) is 6.54. The van der Waals surface area contributed by atoms with Crippen molar-refractivity contribution < 1.29 is 0 Å². The van der Waals surface area contributed by atoms with Crippen molar-refractivity contribution in [3.8, 4) is 0 Å². The van der Waals surface area contributed by atoms with Crippen LogP contribution in [0.4, 0.5) is 5.69 Å². The highest BCUT2D eigenvalue weighted by molar-refractivity contribution is 9.10. The minimum Gasteiger partial charge on any atom is -0.378 e. The molecule has 2 aromatic rings. The van der Waals surface area contributed by atoms with Crippen molar-refractivity contribution in [1.29, 1.82) is 0 Å². The molecule has 0 spiro atoms. The number of rotatable bonds is 6. The molecule has 0 aliphatic rings. The molecule has 0 aliphatic heterocycles. The summed E-state index contributed by atoms with van der Waals surface area (Å²) in [5.74, 6) is 0. The van der Waals surface area contributed by atoms with Crippen molar-refractivity contribution in [1.82, 2.24) is 0 Å². The van der Waals surface area contributed by atoms with Gasteiger partial charge < -0.3 is 5.32 Å². The van der Waals surface area contributed by atoms with Gasteiger partial charge in [-0.25, -0.2) is 0 Å². The molecule has 0 saturated carbocycles. The highest BCUT2D eigenvalue weighted by atomic mass is 79.9. The first kappa shape index (κ1) is 16.4. The molecule has 21 heavy (non-hydrogen) atoms. The van der Waals surface area contributed by atoms with E-state index in [-0.39, 0.29) is 0 Å². The maximum absolute atomic E-state index is 5.99. The Morgan fingerprint density at radius 1 is 1.10 bits per heavy atom. The maximum Gasteiger partial charge on any atom is 0.0513 e. The van der Waals surface area contributed by atoms with E-state index < -0.39 is 0 Å². The van der Waals surface area contributed by atoms with Crippen molar-refractivity contribution in [3.63, 3.8) is 0 Å². The average Bonchev–Trinajstić information content (AvgIpc) is 2.49. The molecule has 3 heteroatoms. The summed E-state index contributed by atoms with van der Waals surface area (Å²) in [6.07, 6.45) is 3.25. The number of aryl methyl sites for hydroxylation is 1. The molecule has 1 N–H and O–H groups in total. The lowest BCUT2D eigenvalue weighted by atomic mass is 10.0. The van der Waals surface area contributed by atoms with E-state index in [1.807, 2.05) is 12.1 Å². The van der Waals surface area contributed by atoms with Crippen LogP contribution in [0.5, 0.6) is 0 Å². The van der Waals surface area contributed by atoms with E-state index in [2.05, 4.69) is 65.4 Å². The predicted molar refractivity (Wildman–Crippen MR) is 96.2 cm³/mol. The van der Waals surface area contributed by atoms with Crippen LogP contribution in [0.1, 0.15) is 43.9 Å². The third-order valence-electron chi connectivity index (χ3n) is 3.63. The first-order valence-corrected chi connectivity index (χ1v) is 8.61. The molecule has 112 valence electrons. The Morgan fingerprint density at radius 2 is 1.81 bits per heavy atom. The second-order valence-electron chi connectivity index (χ2n) is 5.19. The summed E-state index contributed by atoms with van der Waals surface area (Å²) in [6.45, 7) is 4.40. The van der Waals surface area contributed by atoms with Gasteiger partial charge in [0.05, 0.1) is 6.04 Å². The summed E-state index contributed by atoms with van der Waals surface area (Å²) in [7, 11) is 0. The van der Waals surface area contributed by atoms with Gasteiger partial charge >= 0.3 is 0 Å². The topological polar surface area (TPSA) is 12.0 Å². The fourth-order valence-electron chi connectivity index (χ4n) is 2.49. The minimum absolute atomic E-state index is 0.318. The van der Waals surface area contributed by atoms with Gasteiger partial charge in [-0.15, -0.1) is 0 Å². The molecule has 1 atom stereocenters. The van der Waals surface area contributed by atoms with E-state index in [9.17, 15) is 0 Å². The number of hydrogen-bond acceptors (Lipinski definition) is 1. The molecule has 0 fully saturated rings. The Labute approximate surface area is 140 Å². The van der Waals surface area contributed by atoms with Gasteiger partial charge in [0, 0.05) is 15.2 Å². The third kappa shape index (κ3) is 4.49. The number of benzene rings is 2. The monoisotopic (exact) mass is 365 g/mol. The normalized spacial score (nSPS) is 12.2. The molecule has 2 aromatic carbocycles. The van der Waals surface area contributed by atoms with Crippen LogP contribution in [0, 0.1) is 0 Å². The Hall–Kier alpha value is -0.990. The molecule has 0 radical (unpaired) electrons. The SMILES string of the molecule is CCCC(Nc1ccc(Br)cc1CC)c1ccc(Cl)cc1. The number of nitrogens with one attached hydrogen (secondary N) is 1. The van der Waals surface area contributed by atoms with Gasteiger partial charge in [0.1, 0.15) is 0 Å². The van der Waals surface area contributed by atoms with Crippen LogP contribution in [-0.4, -0.2) is 0 Å². The lowest BCUT2D eigenvalue weighted by molar-refractivity contribution is 0.676. The van der Waals surface area contributed by atoms with Gasteiger partial charge in [0.15, 0.2) is 0 Å². The third-order valence-corrected chi connectivity index (χ3v) is 4.37. The largest absolute Gasteiger partial charge is 0.378 e. The van der Waals surface area contributed by atoms with Gasteiger partial charge in [0.2, 0.25) is 0 Å². The number of anilines is 1. The summed E-state index contributed by atoms with van der Waals surface area (Å²) in [5, 5.41) is 4.48. The lowest BCUT2D eigenvalue weighted by Crippen LogP contribution is -2.11. The van der Waals surface area contributed by atoms with Crippen molar-refractivity contribution in [2.24, 2.45) is 0 Å². The highest BCUT2D eigenvalue weighted by Gasteiger charge is 2.12. The van der Waals surface area contributed by atoms with Crippen LogP contribution in [-0.2, 0) is 6.42 Å². The quantitative estimate of drug-likeness (QED) is 0.606. The zero-order chi connectivity index (χ0) is 15.2. The van der Waals surface area contributed by atoms with Crippen molar-refractivity contribution >= 4 is 33.2 Å². The van der Waals surface area contributed by atoms with E-state index in [4.69, 9.17) is 11.6 Å². The van der Waals surface area contributed by atoms with Crippen molar-refractivity contribution in [2.75, 3.05) is 5.32 Å². The van der Waals surface area contributed by atoms with E-state index >= 15 is 0 Å². The van der Waals surface area contributed by atoms with Gasteiger partial charge in [0.25, 0.3) is 0 Å². The van der Waals surface area contributed by atoms with Crippen molar-refractivity contribution in [2.45, 2.75) is 39.2 Å². The van der Waals surface area contributed by atoms with Crippen LogP contribution in [0.25, 0.3) is 0 Å². The molecule has 0 heterocycles. The summed E-state index contributed by atoms with van der Waals surface area (Å²) >= 11 is 9.54. The van der Waals surface area contributed by atoms with Gasteiger partial charge in [-0.2, -0.15) is 0 Å². The summed E-state index contributed by atoms with van der Waals surface area (Å²) in [5.41, 5.74) is 3.83. The summed E-state index contributed by atoms with van der Waals surface area (Å²) in [4.78, 5) is 0. The Bertz CT molecular complexity index is 580. The Kier molecular flexibility index (Phi) is 6.13. The summed E-state index contributed by atoms with van der Waals surface area (Å²) < 4.78 is 1.13. The van der Waals surface area contributed by atoms with E-state index in [0.717, 1.165) is 28.8 Å². The number of hydrogen-bond donors (Lipinski definition) is 1. The minimum atomic E-state index is 0.318. The Morgan fingerprint density at radius 3 is 2.43 bits per heavy atom. The van der Waals surface area contributed by atoms with Crippen molar-refractivity contribution in [3.05, 3.63) is 63.1 Å². The second kappa shape index (κ2) is 7.86. The van der Waals surface area contributed by atoms with Crippen LogP contribution in [0.15, 0.2) is 46.9 Å². The van der Waals surface area contributed by atoms with Gasteiger partial charge in [-0.1, -0.05) is 59.9 Å². The lowest BCUT2D eigenvalue weighted by Gasteiger charge is -2.22. The fraction of sp³-hybridized carbons (Fsp3) is 0.333. The van der Waals surface area contributed by atoms with E-state index in [1.165, 1.54) is 16.8 Å². The molecule has 0 saturated heterocycles.